The standard InChI is InChI=1S/C28H30N4O4/c1-16(2)24(27(35)36)32-15-19-7-6-18(14-21(19)26(32)34)22-12-13-23(31-30-22)29-25(33)17-8-10-20(11-9-17)28(3,4)5/h6-14,16,24H,15H2,1-5H3,(H,35,36)(H,29,31,33)/t24-/m0/s1. The van der Waals surface area contributed by atoms with Crippen molar-refractivity contribution in [3.05, 3.63) is 76.9 Å². The smallest absolute Gasteiger partial charge is 0.326 e. The van der Waals surface area contributed by atoms with Gasteiger partial charge in [-0.25, -0.2) is 4.79 Å². The largest absolute Gasteiger partial charge is 0.480 e. The first-order valence-electron chi connectivity index (χ1n) is 11.9. The summed E-state index contributed by atoms with van der Waals surface area (Å²) in [6.45, 7) is 10.2. The molecular weight excluding hydrogens is 456 g/mol. The number of aliphatic carboxylic acids is 1. The SMILES string of the molecule is CC(C)[C@@H](C(=O)O)N1Cc2ccc(-c3ccc(NC(=O)c4ccc(C(C)(C)C)cc4)nn3)cc2C1=O. The second-order valence-electron chi connectivity index (χ2n) is 10.4. The number of benzene rings is 2. The van der Waals surface area contributed by atoms with Crippen molar-refractivity contribution in [1.82, 2.24) is 15.1 Å². The number of hydrogen-bond acceptors (Lipinski definition) is 5. The summed E-state index contributed by atoms with van der Waals surface area (Å²) in [7, 11) is 0. The lowest BCUT2D eigenvalue weighted by Gasteiger charge is -2.27. The summed E-state index contributed by atoms with van der Waals surface area (Å²) in [6.07, 6.45) is 0. The van der Waals surface area contributed by atoms with E-state index >= 15 is 0 Å². The second-order valence-corrected chi connectivity index (χ2v) is 10.4. The van der Waals surface area contributed by atoms with E-state index in [1.54, 1.807) is 44.2 Å². The van der Waals surface area contributed by atoms with Gasteiger partial charge in [0.15, 0.2) is 5.82 Å². The monoisotopic (exact) mass is 486 g/mol. The van der Waals surface area contributed by atoms with Crippen LogP contribution in [0.4, 0.5) is 5.82 Å². The van der Waals surface area contributed by atoms with Crippen molar-refractivity contribution in [3.8, 4) is 11.3 Å². The van der Waals surface area contributed by atoms with E-state index < -0.39 is 12.0 Å². The molecule has 0 fully saturated rings. The highest BCUT2D eigenvalue weighted by atomic mass is 16.4. The van der Waals surface area contributed by atoms with Crippen molar-refractivity contribution in [1.29, 1.82) is 0 Å². The average Bonchev–Trinajstić information content (AvgIpc) is 3.14. The van der Waals surface area contributed by atoms with Gasteiger partial charge in [0.1, 0.15) is 6.04 Å². The summed E-state index contributed by atoms with van der Waals surface area (Å²) in [4.78, 5) is 38.7. The molecule has 1 aliphatic heterocycles. The Kier molecular flexibility index (Phi) is 6.63. The molecule has 2 aromatic carbocycles. The molecule has 2 heterocycles. The van der Waals surface area contributed by atoms with Crippen molar-refractivity contribution in [2.45, 2.75) is 52.6 Å². The van der Waals surface area contributed by atoms with Gasteiger partial charge >= 0.3 is 5.97 Å². The van der Waals surface area contributed by atoms with Crippen molar-refractivity contribution < 1.29 is 19.5 Å². The average molecular weight is 487 g/mol. The van der Waals surface area contributed by atoms with Crippen molar-refractivity contribution in [3.63, 3.8) is 0 Å². The number of fused-ring (bicyclic) bond motifs is 1. The molecular formula is C28H30N4O4. The Morgan fingerprint density at radius 3 is 2.25 bits per heavy atom. The highest BCUT2D eigenvalue weighted by Crippen LogP contribution is 2.31. The minimum Gasteiger partial charge on any atom is -0.480 e. The predicted octanol–water partition coefficient (Wildman–Crippen LogP) is 4.76. The Morgan fingerprint density at radius 1 is 1.00 bits per heavy atom. The maximum Gasteiger partial charge on any atom is 0.326 e. The Bertz CT molecular complexity index is 1310. The normalized spacial score (nSPS) is 14.1. The van der Waals surface area contributed by atoms with Gasteiger partial charge in [0.05, 0.1) is 5.69 Å². The van der Waals surface area contributed by atoms with E-state index in [1.807, 2.05) is 24.3 Å². The van der Waals surface area contributed by atoms with E-state index in [-0.39, 0.29) is 29.7 Å². The molecule has 0 saturated heterocycles. The fraction of sp³-hybridized carbons (Fsp3) is 0.321. The van der Waals surface area contributed by atoms with Gasteiger partial charge in [0, 0.05) is 23.2 Å². The molecule has 0 aliphatic carbocycles. The topological polar surface area (TPSA) is 112 Å². The van der Waals surface area contributed by atoms with E-state index in [4.69, 9.17) is 0 Å². The molecule has 0 radical (unpaired) electrons. The number of anilines is 1. The van der Waals surface area contributed by atoms with E-state index in [2.05, 4.69) is 36.3 Å². The number of rotatable bonds is 6. The van der Waals surface area contributed by atoms with Crippen LogP contribution < -0.4 is 5.32 Å². The number of nitrogens with zero attached hydrogens (tertiary/aromatic N) is 3. The second kappa shape index (κ2) is 9.53. The summed E-state index contributed by atoms with van der Waals surface area (Å²) in [5, 5.41) is 20.7. The van der Waals surface area contributed by atoms with Gasteiger partial charge in [-0.2, -0.15) is 0 Å². The van der Waals surface area contributed by atoms with Crippen molar-refractivity contribution >= 4 is 23.6 Å². The predicted molar refractivity (Wildman–Crippen MR) is 137 cm³/mol. The van der Waals surface area contributed by atoms with Crippen LogP contribution in [0.5, 0.6) is 0 Å². The third-order valence-electron chi connectivity index (χ3n) is 6.38. The zero-order chi connectivity index (χ0) is 26.2. The molecule has 2 amide bonds. The molecule has 1 atom stereocenters. The number of carboxylic acid groups (broad SMARTS) is 1. The van der Waals surface area contributed by atoms with E-state index in [0.717, 1.165) is 11.1 Å². The van der Waals surface area contributed by atoms with Gasteiger partial charge in [-0.3, -0.25) is 9.59 Å². The molecule has 4 rings (SSSR count). The number of carboxylic acids is 1. The molecule has 0 bridgehead atoms. The minimum absolute atomic E-state index is 0.00314. The van der Waals surface area contributed by atoms with E-state index in [0.29, 0.717) is 28.2 Å². The van der Waals surface area contributed by atoms with Crippen LogP contribution in [-0.2, 0) is 16.8 Å². The van der Waals surface area contributed by atoms with Crippen molar-refractivity contribution in [2.24, 2.45) is 5.92 Å². The fourth-order valence-electron chi connectivity index (χ4n) is 4.35. The van der Waals surface area contributed by atoms with Gasteiger partial charge in [-0.05, 0) is 52.8 Å². The zero-order valence-corrected chi connectivity index (χ0v) is 21.1. The van der Waals surface area contributed by atoms with Crippen LogP contribution in [0.2, 0.25) is 0 Å². The van der Waals surface area contributed by atoms with Crippen LogP contribution in [0.1, 0.15) is 66.5 Å². The summed E-state index contributed by atoms with van der Waals surface area (Å²) >= 11 is 0. The number of nitrogens with one attached hydrogen (secondary N) is 1. The molecule has 2 N–H and O–H groups in total. The van der Waals surface area contributed by atoms with Crippen LogP contribution in [0.25, 0.3) is 11.3 Å². The quantitative estimate of drug-likeness (QED) is 0.520. The summed E-state index contributed by atoms with van der Waals surface area (Å²) < 4.78 is 0. The lowest BCUT2D eigenvalue weighted by atomic mass is 9.87. The van der Waals surface area contributed by atoms with Gasteiger partial charge in [0.25, 0.3) is 11.8 Å². The van der Waals surface area contributed by atoms with Gasteiger partial charge in [-0.1, -0.05) is 58.9 Å². The third kappa shape index (κ3) is 4.98. The van der Waals surface area contributed by atoms with Gasteiger partial charge in [0.2, 0.25) is 0 Å². The Morgan fingerprint density at radius 2 is 1.69 bits per heavy atom. The number of carbonyl (C=O) groups is 3. The number of hydrogen-bond donors (Lipinski definition) is 2. The fourth-order valence-corrected chi connectivity index (χ4v) is 4.35. The number of aromatic nitrogens is 2. The maximum absolute atomic E-state index is 13.0. The van der Waals surface area contributed by atoms with E-state index in [9.17, 15) is 19.5 Å². The minimum atomic E-state index is -1.01. The Hall–Kier alpha value is -4.07. The van der Waals surface area contributed by atoms with Gasteiger partial charge < -0.3 is 15.3 Å². The molecule has 3 aromatic rings. The van der Waals surface area contributed by atoms with Gasteiger partial charge in [-0.15, -0.1) is 10.2 Å². The molecule has 0 saturated carbocycles. The summed E-state index contributed by atoms with van der Waals surface area (Å²) in [5.74, 6) is -1.50. The van der Waals surface area contributed by atoms with Crippen LogP contribution >= 0.6 is 0 Å². The zero-order valence-electron chi connectivity index (χ0n) is 21.1. The Labute approximate surface area is 210 Å². The molecule has 186 valence electrons. The molecule has 1 aliphatic rings. The molecule has 1 aromatic heterocycles. The molecule has 8 heteroatoms. The number of amides is 2. The number of carbonyl (C=O) groups excluding carboxylic acids is 2. The molecule has 0 unspecified atom stereocenters. The highest BCUT2D eigenvalue weighted by Gasteiger charge is 2.38. The first kappa shape index (κ1) is 25.0. The Balaban J connectivity index is 1.48. The molecule has 8 nitrogen and oxygen atoms in total. The lowest BCUT2D eigenvalue weighted by molar-refractivity contribution is -0.144. The summed E-state index contributed by atoms with van der Waals surface area (Å²) in [5.41, 5.74) is 4.14. The summed E-state index contributed by atoms with van der Waals surface area (Å²) in [6, 6.07) is 15.3. The van der Waals surface area contributed by atoms with Crippen molar-refractivity contribution in [2.75, 3.05) is 5.32 Å². The first-order valence-corrected chi connectivity index (χ1v) is 11.9. The van der Waals surface area contributed by atoms with Crippen LogP contribution in [-0.4, -0.2) is 44.0 Å². The molecule has 0 spiro atoms. The first-order chi connectivity index (χ1) is 17.0. The molecule has 36 heavy (non-hydrogen) atoms. The van der Waals surface area contributed by atoms with Crippen LogP contribution in [0.15, 0.2) is 54.6 Å². The highest BCUT2D eigenvalue weighted by molar-refractivity contribution is 6.04. The van der Waals surface area contributed by atoms with Crippen LogP contribution in [0, 0.1) is 5.92 Å². The van der Waals surface area contributed by atoms with Crippen LogP contribution in [0.3, 0.4) is 0 Å². The third-order valence-corrected chi connectivity index (χ3v) is 6.38. The lowest BCUT2D eigenvalue weighted by Crippen LogP contribution is -2.44. The van der Waals surface area contributed by atoms with E-state index in [1.165, 1.54) is 4.90 Å². The maximum atomic E-state index is 13.0.